The predicted molar refractivity (Wildman–Crippen MR) is 101 cm³/mol. The van der Waals surface area contributed by atoms with Gasteiger partial charge in [-0.15, -0.1) is 0 Å². The maximum absolute atomic E-state index is 12.4. The molecule has 1 N–H and O–H groups in total. The molecule has 2 aromatic rings. The van der Waals surface area contributed by atoms with Crippen molar-refractivity contribution in [2.24, 2.45) is 0 Å². The van der Waals surface area contributed by atoms with E-state index in [4.69, 9.17) is 4.74 Å². The number of nitrogens with zero attached hydrogens (tertiary/aromatic N) is 1. The average molecular weight is 358 g/mol. The van der Waals surface area contributed by atoms with Crippen LogP contribution in [0.25, 0.3) is 10.8 Å². The molecule has 0 saturated carbocycles. The molecule has 0 aliphatic rings. The topological polar surface area (TPSA) is 79.5 Å². The number of pyridine rings is 1. The lowest BCUT2D eigenvalue weighted by atomic mass is 10.1. The number of aromatic amines is 1. The number of H-pyrrole nitrogens is 1. The summed E-state index contributed by atoms with van der Waals surface area (Å²) in [5, 5.41) is 1.15. The Hall–Kier alpha value is -2.63. The van der Waals surface area contributed by atoms with Gasteiger partial charge in [-0.1, -0.05) is 38.5 Å². The first-order valence-corrected chi connectivity index (χ1v) is 9.06. The van der Waals surface area contributed by atoms with Crippen molar-refractivity contribution >= 4 is 22.6 Å². The van der Waals surface area contributed by atoms with Crippen molar-refractivity contribution in [3.05, 3.63) is 46.4 Å². The van der Waals surface area contributed by atoms with Gasteiger partial charge in [0.25, 0.3) is 11.5 Å². The number of carbonyl (C=O) groups is 2. The van der Waals surface area contributed by atoms with Crippen molar-refractivity contribution in [3.63, 3.8) is 0 Å². The van der Waals surface area contributed by atoms with Crippen LogP contribution in [0.15, 0.2) is 35.1 Å². The molecule has 6 heteroatoms. The molecule has 26 heavy (non-hydrogen) atoms. The molecule has 0 aliphatic heterocycles. The summed E-state index contributed by atoms with van der Waals surface area (Å²) < 4.78 is 5.15. The zero-order chi connectivity index (χ0) is 19.1. The Labute approximate surface area is 153 Å². The van der Waals surface area contributed by atoms with Crippen LogP contribution in [0, 0.1) is 0 Å². The largest absolute Gasteiger partial charge is 0.451 e. The Morgan fingerprint density at radius 2 is 1.96 bits per heavy atom. The molecular weight excluding hydrogens is 332 g/mol. The van der Waals surface area contributed by atoms with Crippen LogP contribution >= 0.6 is 0 Å². The maximum atomic E-state index is 12.4. The lowest BCUT2D eigenvalue weighted by Crippen LogP contribution is -2.41. The van der Waals surface area contributed by atoms with Gasteiger partial charge < -0.3 is 14.6 Å². The van der Waals surface area contributed by atoms with Gasteiger partial charge in [0, 0.05) is 18.0 Å². The van der Waals surface area contributed by atoms with E-state index in [9.17, 15) is 14.4 Å². The highest BCUT2D eigenvalue weighted by Gasteiger charge is 2.20. The van der Waals surface area contributed by atoms with Gasteiger partial charge in [0.05, 0.1) is 0 Å². The van der Waals surface area contributed by atoms with E-state index in [0.29, 0.717) is 17.3 Å². The lowest BCUT2D eigenvalue weighted by molar-refractivity contribution is -0.136. The number of esters is 1. The van der Waals surface area contributed by atoms with Gasteiger partial charge in [0.2, 0.25) is 0 Å². The van der Waals surface area contributed by atoms with E-state index in [0.717, 1.165) is 19.3 Å². The second-order valence-electron chi connectivity index (χ2n) is 6.37. The Kier molecular flexibility index (Phi) is 6.95. The SMILES string of the molecule is CCCCN(C(=O)COC(=O)c1cc2ccccc2c(=O)[nH]1)C(C)CC. The van der Waals surface area contributed by atoms with Crippen molar-refractivity contribution in [2.75, 3.05) is 13.2 Å². The molecule has 1 heterocycles. The number of ether oxygens (including phenoxy) is 1. The summed E-state index contributed by atoms with van der Waals surface area (Å²) in [6.07, 6.45) is 2.72. The molecular formula is C20H26N2O4. The smallest absolute Gasteiger partial charge is 0.355 e. The summed E-state index contributed by atoms with van der Waals surface area (Å²) in [6.45, 7) is 6.38. The lowest BCUT2D eigenvalue weighted by Gasteiger charge is -2.28. The molecule has 0 bridgehead atoms. The number of rotatable bonds is 8. The second-order valence-corrected chi connectivity index (χ2v) is 6.37. The fourth-order valence-electron chi connectivity index (χ4n) is 2.75. The summed E-state index contributed by atoms with van der Waals surface area (Å²) >= 11 is 0. The highest BCUT2D eigenvalue weighted by atomic mass is 16.5. The summed E-state index contributed by atoms with van der Waals surface area (Å²) in [5.74, 6) is -0.926. The highest BCUT2D eigenvalue weighted by molar-refractivity contribution is 5.94. The second kappa shape index (κ2) is 9.17. The quantitative estimate of drug-likeness (QED) is 0.735. The number of hydrogen-bond acceptors (Lipinski definition) is 4. The van der Waals surface area contributed by atoms with Crippen LogP contribution in [0.2, 0.25) is 0 Å². The van der Waals surface area contributed by atoms with Gasteiger partial charge >= 0.3 is 5.97 Å². The van der Waals surface area contributed by atoms with E-state index >= 15 is 0 Å². The van der Waals surface area contributed by atoms with Gasteiger partial charge in [-0.2, -0.15) is 0 Å². The Morgan fingerprint density at radius 3 is 2.65 bits per heavy atom. The number of fused-ring (bicyclic) bond motifs is 1. The van der Waals surface area contributed by atoms with Crippen LogP contribution < -0.4 is 5.56 Å². The third-order valence-corrected chi connectivity index (χ3v) is 4.50. The van der Waals surface area contributed by atoms with Crippen LogP contribution in [0.3, 0.4) is 0 Å². The summed E-state index contributed by atoms with van der Waals surface area (Å²) in [4.78, 5) is 41.0. The van der Waals surface area contributed by atoms with E-state index in [1.807, 2.05) is 13.8 Å². The van der Waals surface area contributed by atoms with Gasteiger partial charge in [0.15, 0.2) is 6.61 Å². The van der Waals surface area contributed by atoms with E-state index in [1.54, 1.807) is 35.2 Å². The molecule has 0 saturated heterocycles. The minimum absolute atomic E-state index is 0.0464. The molecule has 2 rings (SSSR count). The van der Waals surface area contributed by atoms with E-state index in [-0.39, 0.29) is 29.8 Å². The van der Waals surface area contributed by atoms with Crippen molar-refractivity contribution in [1.29, 1.82) is 0 Å². The van der Waals surface area contributed by atoms with Gasteiger partial charge in [-0.05, 0) is 37.3 Å². The van der Waals surface area contributed by atoms with Crippen LogP contribution in [0.1, 0.15) is 50.5 Å². The number of carbonyl (C=O) groups excluding carboxylic acids is 2. The zero-order valence-corrected chi connectivity index (χ0v) is 15.6. The zero-order valence-electron chi connectivity index (χ0n) is 15.6. The van der Waals surface area contributed by atoms with Crippen LogP contribution in [-0.2, 0) is 9.53 Å². The third kappa shape index (κ3) is 4.71. The standard InChI is InChI=1S/C20H26N2O4/c1-4-6-11-22(14(3)5-2)18(23)13-26-20(25)17-12-15-9-7-8-10-16(15)19(24)21-17/h7-10,12,14H,4-6,11,13H2,1-3H3,(H,21,24). The maximum Gasteiger partial charge on any atom is 0.355 e. The van der Waals surface area contributed by atoms with Gasteiger partial charge in [0.1, 0.15) is 5.69 Å². The van der Waals surface area contributed by atoms with Crippen LogP contribution in [0.4, 0.5) is 0 Å². The molecule has 0 aliphatic carbocycles. The fraction of sp³-hybridized carbons (Fsp3) is 0.450. The first-order valence-electron chi connectivity index (χ1n) is 9.06. The summed E-state index contributed by atoms with van der Waals surface area (Å²) in [7, 11) is 0. The van der Waals surface area contributed by atoms with E-state index in [2.05, 4.69) is 11.9 Å². The highest BCUT2D eigenvalue weighted by Crippen LogP contribution is 2.11. The molecule has 1 aromatic carbocycles. The first-order chi connectivity index (χ1) is 12.5. The minimum Gasteiger partial charge on any atom is -0.451 e. The molecule has 0 radical (unpaired) electrons. The van der Waals surface area contributed by atoms with Gasteiger partial charge in [-0.3, -0.25) is 9.59 Å². The summed E-state index contributed by atoms with van der Waals surface area (Å²) in [5.41, 5.74) is -0.310. The van der Waals surface area contributed by atoms with Crippen molar-refractivity contribution in [2.45, 2.75) is 46.1 Å². The van der Waals surface area contributed by atoms with Crippen molar-refractivity contribution in [3.8, 4) is 0 Å². The molecule has 1 amide bonds. The van der Waals surface area contributed by atoms with Crippen LogP contribution in [-0.4, -0.2) is 41.0 Å². The van der Waals surface area contributed by atoms with Crippen molar-refractivity contribution < 1.29 is 14.3 Å². The number of benzene rings is 1. The van der Waals surface area contributed by atoms with Gasteiger partial charge in [-0.25, -0.2) is 4.79 Å². The summed E-state index contributed by atoms with van der Waals surface area (Å²) in [6, 6.07) is 8.64. The number of hydrogen-bond donors (Lipinski definition) is 1. The Balaban J connectivity index is 2.07. The first kappa shape index (κ1) is 19.7. The van der Waals surface area contributed by atoms with Crippen molar-refractivity contribution in [1.82, 2.24) is 9.88 Å². The monoisotopic (exact) mass is 358 g/mol. The average Bonchev–Trinajstić information content (AvgIpc) is 2.66. The molecule has 0 fully saturated rings. The number of amides is 1. The van der Waals surface area contributed by atoms with E-state index < -0.39 is 5.97 Å². The van der Waals surface area contributed by atoms with E-state index in [1.165, 1.54) is 0 Å². The molecule has 0 spiro atoms. The normalized spacial score (nSPS) is 12.0. The number of aromatic nitrogens is 1. The molecule has 1 unspecified atom stereocenters. The predicted octanol–water partition coefficient (Wildman–Crippen LogP) is 3.11. The van der Waals surface area contributed by atoms with Crippen LogP contribution in [0.5, 0.6) is 0 Å². The minimum atomic E-state index is -0.708. The molecule has 1 aromatic heterocycles. The number of unbranched alkanes of at least 4 members (excludes halogenated alkanes) is 1. The molecule has 140 valence electrons. The molecule has 1 atom stereocenters. The third-order valence-electron chi connectivity index (χ3n) is 4.50. The molecule has 6 nitrogen and oxygen atoms in total. The fourth-order valence-corrected chi connectivity index (χ4v) is 2.75. The Morgan fingerprint density at radius 1 is 1.23 bits per heavy atom. The number of nitrogens with one attached hydrogen (secondary N) is 1. The Bertz CT molecular complexity index is 828.